The van der Waals surface area contributed by atoms with Gasteiger partial charge < -0.3 is 9.84 Å². The van der Waals surface area contributed by atoms with Gasteiger partial charge in [0.05, 0.1) is 9.13 Å². The maximum Gasteiger partial charge on any atom is 0.336 e. The Labute approximate surface area is 107 Å². The van der Waals surface area contributed by atoms with E-state index in [1.807, 2.05) is 45.2 Å². The summed E-state index contributed by atoms with van der Waals surface area (Å²) in [5.74, 6) is -0.625. The third kappa shape index (κ3) is 2.56. The number of carbonyl (C=O) groups is 2. The van der Waals surface area contributed by atoms with Crippen LogP contribution in [0.25, 0.3) is 0 Å². The standard InChI is InChI=1S/C8H4I2O4/c9-5-2-7(14-3-11)6(10)1-4(5)8(12)13/h1-3H,(H,12,13). The summed E-state index contributed by atoms with van der Waals surface area (Å²) in [5.41, 5.74) is 0.202. The molecule has 0 saturated heterocycles. The molecule has 1 rings (SSSR count). The van der Waals surface area contributed by atoms with Crippen LogP contribution in [0, 0.1) is 7.14 Å². The first-order chi connectivity index (χ1) is 6.56. The molecule has 14 heavy (non-hydrogen) atoms. The summed E-state index contributed by atoms with van der Waals surface area (Å²) >= 11 is 3.79. The Morgan fingerprint density at radius 3 is 2.50 bits per heavy atom. The molecule has 0 radical (unpaired) electrons. The van der Waals surface area contributed by atoms with E-state index < -0.39 is 5.97 Å². The molecule has 1 N–H and O–H groups in total. The number of carboxylic acid groups (broad SMARTS) is 1. The minimum absolute atomic E-state index is 0.202. The molecule has 0 fully saturated rings. The largest absolute Gasteiger partial charge is 0.478 e. The highest BCUT2D eigenvalue weighted by Gasteiger charge is 2.12. The van der Waals surface area contributed by atoms with Crippen molar-refractivity contribution in [3.8, 4) is 5.75 Å². The summed E-state index contributed by atoms with van der Waals surface area (Å²) in [5, 5.41) is 8.79. The highest BCUT2D eigenvalue weighted by Crippen LogP contribution is 2.26. The third-order valence-corrected chi connectivity index (χ3v) is 3.16. The lowest BCUT2D eigenvalue weighted by atomic mass is 10.2. The summed E-state index contributed by atoms with van der Waals surface area (Å²) in [6, 6.07) is 2.98. The normalized spacial score (nSPS) is 9.57. The second-order valence-electron chi connectivity index (χ2n) is 2.28. The summed E-state index contributed by atoms with van der Waals surface area (Å²) < 4.78 is 5.79. The SMILES string of the molecule is O=COc1cc(I)c(C(=O)O)cc1I. The Hall–Kier alpha value is -0.380. The quantitative estimate of drug-likeness (QED) is 0.604. The van der Waals surface area contributed by atoms with Crippen molar-refractivity contribution in [3.05, 3.63) is 24.8 Å². The average molecular weight is 418 g/mol. The van der Waals surface area contributed by atoms with Crippen LogP contribution < -0.4 is 4.74 Å². The lowest BCUT2D eigenvalue weighted by Gasteiger charge is -2.04. The number of rotatable bonds is 3. The maximum absolute atomic E-state index is 10.7. The van der Waals surface area contributed by atoms with Crippen molar-refractivity contribution in [2.24, 2.45) is 0 Å². The summed E-state index contributed by atoms with van der Waals surface area (Å²) in [6.07, 6.45) is 0. The highest BCUT2D eigenvalue weighted by atomic mass is 127. The molecule has 0 heterocycles. The fraction of sp³-hybridized carbons (Fsp3) is 0. The van der Waals surface area contributed by atoms with Gasteiger partial charge >= 0.3 is 5.97 Å². The van der Waals surface area contributed by atoms with Crippen molar-refractivity contribution in [1.82, 2.24) is 0 Å². The number of hydrogen-bond donors (Lipinski definition) is 1. The van der Waals surface area contributed by atoms with Gasteiger partial charge in [0.1, 0.15) is 5.75 Å². The van der Waals surface area contributed by atoms with Crippen LogP contribution in [0.3, 0.4) is 0 Å². The summed E-state index contributed by atoms with van der Waals surface area (Å²) in [4.78, 5) is 20.8. The van der Waals surface area contributed by atoms with Crippen molar-refractivity contribution < 1.29 is 19.4 Å². The number of benzene rings is 1. The van der Waals surface area contributed by atoms with Crippen molar-refractivity contribution in [2.45, 2.75) is 0 Å². The van der Waals surface area contributed by atoms with E-state index in [9.17, 15) is 9.59 Å². The predicted molar refractivity (Wildman–Crippen MR) is 65.5 cm³/mol. The van der Waals surface area contributed by atoms with E-state index in [0.29, 0.717) is 19.4 Å². The molecule has 0 spiro atoms. The molecule has 0 amide bonds. The molecule has 0 atom stereocenters. The number of hydrogen-bond acceptors (Lipinski definition) is 3. The number of ether oxygens (including phenoxy) is 1. The molecular weight excluding hydrogens is 414 g/mol. The molecule has 4 nitrogen and oxygen atoms in total. The fourth-order valence-corrected chi connectivity index (χ4v) is 2.10. The van der Waals surface area contributed by atoms with Crippen LogP contribution >= 0.6 is 45.2 Å². The van der Waals surface area contributed by atoms with Crippen LogP contribution in [-0.2, 0) is 4.79 Å². The van der Waals surface area contributed by atoms with E-state index in [-0.39, 0.29) is 5.56 Å². The van der Waals surface area contributed by atoms with E-state index in [1.165, 1.54) is 12.1 Å². The zero-order chi connectivity index (χ0) is 10.7. The fourth-order valence-electron chi connectivity index (χ4n) is 0.835. The predicted octanol–water partition coefficient (Wildman–Crippen LogP) is 2.13. The molecule has 1 aromatic rings. The zero-order valence-corrected chi connectivity index (χ0v) is 11.0. The van der Waals surface area contributed by atoms with Gasteiger partial charge in [-0.2, -0.15) is 0 Å². The lowest BCUT2D eigenvalue weighted by molar-refractivity contribution is -0.120. The maximum atomic E-state index is 10.7. The second kappa shape index (κ2) is 4.91. The van der Waals surface area contributed by atoms with Crippen LogP contribution in [-0.4, -0.2) is 17.5 Å². The molecule has 0 saturated carbocycles. The number of halogens is 2. The van der Waals surface area contributed by atoms with Crippen LogP contribution in [0.4, 0.5) is 0 Å². The van der Waals surface area contributed by atoms with Gasteiger partial charge in [-0.3, -0.25) is 4.79 Å². The third-order valence-electron chi connectivity index (χ3n) is 1.43. The molecule has 0 bridgehead atoms. The van der Waals surface area contributed by atoms with E-state index in [1.54, 1.807) is 0 Å². The molecule has 0 unspecified atom stereocenters. The average Bonchev–Trinajstić information content (AvgIpc) is 2.10. The molecule has 0 aliphatic heterocycles. The van der Waals surface area contributed by atoms with Gasteiger partial charge in [0.2, 0.25) is 0 Å². The van der Waals surface area contributed by atoms with Crippen molar-refractivity contribution >= 4 is 57.6 Å². The lowest BCUT2D eigenvalue weighted by Crippen LogP contribution is -2.02. The van der Waals surface area contributed by atoms with Crippen molar-refractivity contribution in [2.75, 3.05) is 0 Å². The second-order valence-corrected chi connectivity index (χ2v) is 4.61. The Morgan fingerprint density at radius 1 is 1.36 bits per heavy atom. The Balaban J connectivity index is 3.23. The minimum Gasteiger partial charge on any atom is -0.478 e. The number of carbonyl (C=O) groups excluding carboxylic acids is 1. The molecule has 0 aliphatic rings. The first kappa shape index (κ1) is 11.7. The van der Waals surface area contributed by atoms with Crippen LogP contribution in [0.2, 0.25) is 0 Å². The Kier molecular flexibility index (Phi) is 4.11. The number of carboxylic acids is 1. The molecular formula is C8H4I2O4. The van der Waals surface area contributed by atoms with Gasteiger partial charge in [0.15, 0.2) is 0 Å². The first-order valence-electron chi connectivity index (χ1n) is 3.39. The van der Waals surface area contributed by atoms with Gasteiger partial charge in [-0.25, -0.2) is 4.79 Å². The van der Waals surface area contributed by atoms with Gasteiger partial charge in [-0.1, -0.05) is 0 Å². The molecule has 0 aromatic heterocycles. The minimum atomic E-state index is -0.995. The first-order valence-corrected chi connectivity index (χ1v) is 5.54. The number of aromatic carboxylic acids is 1. The Bertz CT molecular complexity index is 389. The molecule has 0 aliphatic carbocycles. The van der Waals surface area contributed by atoms with E-state index in [2.05, 4.69) is 4.74 Å². The molecule has 1 aromatic carbocycles. The molecule has 6 heteroatoms. The zero-order valence-electron chi connectivity index (χ0n) is 6.66. The van der Waals surface area contributed by atoms with E-state index >= 15 is 0 Å². The van der Waals surface area contributed by atoms with Gasteiger partial charge in [-0.15, -0.1) is 0 Å². The van der Waals surface area contributed by atoms with Crippen molar-refractivity contribution in [1.29, 1.82) is 0 Å². The van der Waals surface area contributed by atoms with Crippen molar-refractivity contribution in [3.63, 3.8) is 0 Å². The highest BCUT2D eigenvalue weighted by molar-refractivity contribution is 14.1. The van der Waals surface area contributed by atoms with Gasteiger partial charge in [-0.05, 0) is 57.3 Å². The van der Waals surface area contributed by atoms with Crippen LogP contribution in [0.1, 0.15) is 10.4 Å². The monoisotopic (exact) mass is 418 g/mol. The van der Waals surface area contributed by atoms with E-state index in [4.69, 9.17) is 5.11 Å². The summed E-state index contributed by atoms with van der Waals surface area (Å²) in [7, 11) is 0. The Morgan fingerprint density at radius 2 is 2.00 bits per heavy atom. The summed E-state index contributed by atoms with van der Waals surface area (Å²) in [6.45, 7) is 0.314. The van der Waals surface area contributed by atoms with Gasteiger partial charge in [0.25, 0.3) is 6.47 Å². The van der Waals surface area contributed by atoms with Crippen LogP contribution in [0.5, 0.6) is 5.75 Å². The molecule has 74 valence electrons. The smallest absolute Gasteiger partial charge is 0.336 e. The van der Waals surface area contributed by atoms with Gasteiger partial charge in [0, 0.05) is 3.57 Å². The van der Waals surface area contributed by atoms with Crippen LogP contribution in [0.15, 0.2) is 12.1 Å². The van der Waals surface area contributed by atoms with E-state index in [0.717, 1.165) is 0 Å². The topological polar surface area (TPSA) is 63.6 Å².